The van der Waals surface area contributed by atoms with Crippen LogP contribution in [0.2, 0.25) is 0 Å². The molecule has 3 N–H and O–H groups in total. The summed E-state index contributed by atoms with van der Waals surface area (Å²) in [5.74, 6) is 0. The topological polar surface area (TPSA) is 74.2 Å². The van der Waals surface area contributed by atoms with Crippen LogP contribution in [0.25, 0.3) is 0 Å². The number of hydrogen-bond acceptors (Lipinski definition) is 4. The summed E-state index contributed by atoms with van der Waals surface area (Å²) in [6.07, 6.45) is 2.54. The molecule has 1 unspecified atom stereocenters. The largest absolute Gasteiger partial charge is 0.384 e. The van der Waals surface area contributed by atoms with E-state index in [2.05, 4.69) is 15.6 Å². The lowest BCUT2D eigenvalue weighted by Crippen LogP contribution is -2.43. The zero-order valence-corrected chi connectivity index (χ0v) is 13.6. The van der Waals surface area contributed by atoms with E-state index in [1.54, 1.807) is 18.3 Å². The molecular formula is C16H21N3O2S. The minimum Gasteiger partial charge on any atom is -0.384 e. The number of benzene rings is 1. The van der Waals surface area contributed by atoms with Gasteiger partial charge in [-0.15, -0.1) is 11.3 Å². The Morgan fingerprint density at radius 1 is 1.32 bits per heavy atom. The van der Waals surface area contributed by atoms with Crippen molar-refractivity contribution < 1.29 is 9.90 Å². The van der Waals surface area contributed by atoms with Gasteiger partial charge in [0.25, 0.3) is 0 Å². The zero-order valence-electron chi connectivity index (χ0n) is 12.8. The number of amides is 2. The average molecular weight is 319 g/mol. The Labute approximate surface area is 134 Å². The second-order valence-electron chi connectivity index (χ2n) is 5.36. The van der Waals surface area contributed by atoms with E-state index in [1.165, 1.54) is 4.88 Å². The Balaban J connectivity index is 1.73. The number of rotatable bonds is 6. The SMILES string of the molecule is Cc1cnc(CCNC(=O)NCC(C)(O)c2ccccc2)s1. The number of carbonyl (C=O) groups excluding carboxylic acids is 1. The van der Waals surface area contributed by atoms with Crippen LogP contribution in [-0.2, 0) is 12.0 Å². The second-order valence-corrected chi connectivity index (χ2v) is 6.68. The van der Waals surface area contributed by atoms with Gasteiger partial charge >= 0.3 is 6.03 Å². The number of hydrogen-bond donors (Lipinski definition) is 3. The van der Waals surface area contributed by atoms with Crippen LogP contribution in [-0.4, -0.2) is 29.2 Å². The van der Waals surface area contributed by atoms with E-state index in [4.69, 9.17) is 0 Å². The molecule has 2 amide bonds. The fourth-order valence-corrected chi connectivity index (χ4v) is 2.80. The summed E-state index contributed by atoms with van der Waals surface area (Å²) < 4.78 is 0. The standard InChI is InChI=1S/C16H21N3O2S/c1-12-10-18-14(22-12)8-9-17-15(20)19-11-16(2,21)13-6-4-3-5-7-13/h3-7,10,21H,8-9,11H2,1-2H3,(H2,17,19,20). The molecule has 1 atom stereocenters. The van der Waals surface area contributed by atoms with E-state index < -0.39 is 5.60 Å². The third-order valence-corrected chi connectivity index (χ3v) is 4.25. The van der Waals surface area contributed by atoms with Crippen molar-refractivity contribution in [2.75, 3.05) is 13.1 Å². The van der Waals surface area contributed by atoms with Crippen LogP contribution < -0.4 is 10.6 Å². The second kappa shape index (κ2) is 7.38. The number of aliphatic hydroxyl groups is 1. The summed E-state index contributed by atoms with van der Waals surface area (Å²) >= 11 is 1.63. The van der Waals surface area contributed by atoms with Gasteiger partial charge in [-0.25, -0.2) is 9.78 Å². The molecule has 0 bridgehead atoms. The first-order valence-corrected chi connectivity index (χ1v) is 8.00. The van der Waals surface area contributed by atoms with Crippen molar-refractivity contribution in [1.29, 1.82) is 0 Å². The number of urea groups is 1. The molecule has 0 saturated heterocycles. The normalized spacial score (nSPS) is 13.4. The molecule has 0 aliphatic carbocycles. The van der Waals surface area contributed by atoms with Crippen LogP contribution in [0.15, 0.2) is 36.5 Å². The maximum atomic E-state index is 11.8. The number of thiazole rings is 1. The van der Waals surface area contributed by atoms with Gasteiger partial charge in [0.05, 0.1) is 11.6 Å². The summed E-state index contributed by atoms with van der Waals surface area (Å²) in [6, 6.07) is 9.00. The zero-order chi connectivity index (χ0) is 16.0. The molecule has 0 spiro atoms. The molecule has 118 valence electrons. The first-order chi connectivity index (χ1) is 10.5. The Morgan fingerprint density at radius 3 is 2.68 bits per heavy atom. The van der Waals surface area contributed by atoms with Crippen LogP contribution in [0.5, 0.6) is 0 Å². The highest BCUT2D eigenvalue weighted by Gasteiger charge is 2.23. The van der Waals surface area contributed by atoms with Crippen LogP contribution in [0.1, 0.15) is 22.4 Å². The molecule has 0 aliphatic rings. The Morgan fingerprint density at radius 2 is 2.05 bits per heavy atom. The Bertz CT molecular complexity index is 611. The van der Waals surface area contributed by atoms with Gasteiger partial charge in [0.2, 0.25) is 0 Å². The van der Waals surface area contributed by atoms with E-state index in [9.17, 15) is 9.90 Å². The molecule has 0 radical (unpaired) electrons. The fraction of sp³-hybridized carbons (Fsp3) is 0.375. The minimum atomic E-state index is -1.09. The molecule has 2 aromatic rings. The third-order valence-electron chi connectivity index (χ3n) is 3.28. The lowest BCUT2D eigenvalue weighted by molar-refractivity contribution is 0.0594. The van der Waals surface area contributed by atoms with Crippen LogP contribution in [0, 0.1) is 6.92 Å². The molecule has 0 saturated carbocycles. The molecule has 2 rings (SSSR count). The van der Waals surface area contributed by atoms with Crippen LogP contribution >= 0.6 is 11.3 Å². The number of nitrogens with zero attached hydrogens (tertiary/aromatic N) is 1. The van der Waals surface area contributed by atoms with E-state index in [0.29, 0.717) is 13.0 Å². The van der Waals surface area contributed by atoms with Crippen molar-refractivity contribution >= 4 is 17.4 Å². The third kappa shape index (κ3) is 4.82. The summed E-state index contributed by atoms with van der Waals surface area (Å²) in [6.45, 7) is 4.36. The van der Waals surface area contributed by atoms with Crippen molar-refractivity contribution in [2.24, 2.45) is 0 Å². The highest BCUT2D eigenvalue weighted by Crippen LogP contribution is 2.18. The monoisotopic (exact) mass is 319 g/mol. The van der Waals surface area contributed by atoms with Crippen LogP contribution in [0.3, 0.4) is 0 Å². The summed E-state index contributed by atoms with van der Waals surface area (Å²) in [5.41, 5.74) is -0.320. The van der Waals surface area contributed by atoms with Crippen molar-refractivity contribution in [3.8, 4) is 0 Å². The number of nitrogens with one attached hydrogen (secondary N) is 2. The van der Waals surface area contributed by atoms with Crippen molar-refractivity contribution in [2.45, 2.75) is 25.9 Å². The van der Waals surface area contributed by atoms with Gasteiger partial charge in [0, 0.05) is 24.0 Å². The maximum absolute atomic E-state index is 11.8. The summed E-state index contributed by atoms with van der Waals surface area (Å²) in [4.78, 5) is 17.2. The van der Waals surface area contributed by atoms with Crippen molar-refractivity contribution in [3.05, 3.63) is 52.0 Å². The first kappa shape index (κ1) is 16.5. The lowest BCUT2D eigenvalue weighted by atomic mass is 9.96. The van der Waals surface area contributed by atoms with Crippen LogP contribution in [0.4, 0.5) is 4.79 Å². The predicted molar refractivity (Wildman–Crippen MR) is 88.0 cm³/mol. The van der Waals surface area contributed by atoms with Gasteiger partial charge in [-0.05, 0) is 19.4 Å². The van der Waals surface area contributed by atoms with E-state index in [1.807, 2.05) is 43.5 Å². The first-order valence-electron chi connectivity index (χ1n) is 7.18. The summed E-state index contributed by atoms with van der Waals surface area (Å²) in [5, 5.41) is 16.9. The number of carbonyl (C=O) groups is 1. The summed E-state index contributed by atoms with van der Waals surface area (Å²) in [7, 11) is 0. The molecule has 5 nitrogen and oxygen atoms in total. The average Bonchev–Trinajstić information content (AvgIpc) is 2.92. The highest BCUT2D eigenvalue weighted by molar-refractivity contribution is 7.11. The van der Waals surface area contributed by atoms with E-state index in [-0.39, 0.29) is 12.6 Å². The number of aromatic nitrogens is 1. The molecule has 1 aromatic carbocycles. The number of aryl methyl sites for hydroxylation is 1. The van der Waals surface area contributed by atoms with Gasteiger partial charge in [-0.2, -0.15) is 0 Å². The quantitative estimate of drug-likeness (QED) is 0.764. The molecule has 1 aromatic heterocycles. The van der Waals surface area contributed by atoms with Crippen molar-refractivity contribution in [3.63, 3.8) is 0 Å². The molecule has 1 heterocycles. The van der Waals surface area contributed by atoms with Gasteiger partial charge in [-0.1, -0.05) is 30.3 Å². The molecular weight excluding hydrogens is 298 g/mol. The van der Waals surface area contributed by atoms with E-state index >= 15 is 0 Å². The predicted octanol–water partition coefficient (Wildman–Crippen LogP) is 2.20. The molecule has 22 heavy (non-hydrogen) atoms. The van der Waals surface area contributed by atoms with Gasteiger partial charge in [0.15, 0.2) is 0 Å². The van der Waals surface area contributed by atoms with Gasteiger partial charge in [-0.3, -0.25) is 0 Å². The van der Waals surface area contributed by atoms with Gasteiger partial charge < -0.3 is 15.7 Å². The molecule has 0 fully saturated rings. The molecule has 0 aliphatic heterocycles. The van der Waals surface area contributed by atoms with E-state index in [0.717, 1.165) is 10.6 Å². The molecule has 6 heteroatoms. The fourth-order valence-electron chi connectivity index (χ4n) is 2.01. The minimum absolute atomic E-state index is 0.152. The smallest absolute Gasteiger partial charge is 0.314 e. The van der Waals surface area contributed by atoms with Crippen molar-refractivity contribution in [1.82, 2.24) is 15.6 Å². The Hall–Kier alpha value is -1.92. The maximum Gasteiger partial charge on any atom is 0.314 e. The Kier molecular flexibility index (Phi) is 5.51. The lowest BCUT2D eigenvalue weighted by Gasteiger charge is -2.24. The highest BCUT2D eigenvalue weighted by atomic mass is 32.1. The van der Waals surface area contributed by atoms with Gasteiger partial charge in [0.1, 0.15) is 5.60 Å².